The van der Waals surface area contributed by atoms with E-state index >= 15 is 0 Å². The van der Waals surface area contributed by atoms with Gasteiger partial charge in [-0.3, -0.25) is 62.3 Å². The number of aliphatic hydroxyl groups is 2. The van der Waals surface area contributed by atoms with E-state index in [1.165, 1.54) is 25.6 Å². The molecule has 12 amide bonds. The number of rotatable bonds is 38. The number of aliphatic carboxylic acids is 1. The van der Waals surface area contributed by atoms with E-state index in [0.29, 0.717) is 22.9 Å². The molecule has 0 radical (unpaired) electrons. The number of carboxylic acid groups (broad SMARTS) is 1. The third kappa shape index (κ3) is 24.5. The van der Waals surface area contributed by atoms with Crippen LogP contribution in [0.2, 0.25) is 0 Å². The van der Waals surface area contributed by atoms with Crippen LogP contribution in [0.1, 0.15) is 71.3 Å². The standard InChI is InChI=1S/C49H76N14O16S3/c1-23(64)39(63-47(77)35(22-81)55-25(3)66)48(78)59-31(14-16-82-4)44(74)58-30(12-13-38(69)70)42(72)54-20-37(68)56-33(18-36(51)67)45(75)57-29(11-7-8-15-50)43(73)60-32(17-26-19-53-28-10-6-5-9-27(26)28)46(76)62-40(24(2)65)49(79)61-34(21-80)41(52)71/h5-6,9-10,19,23-24,29-35,39-40,53,64-65,80-81H,7-8,11-18,20-22,50H2,1-4H3,(H2,51,67)(H2,52,71)(H,54,72)(H,55,66)(H,56,68)(H,57,75)(H,58,74)(H,59,78)(H,60,73)(H,61,79)(H,62,76)(H,63,77)(H,69,70)/t23-,24-,29+,30+,31+,32+,33+,34+,35+,39+,40+/m1/s1. The van der Waals surface area contributed by atoms with E-state index in [-0.39, 0.29) is 49.5 Å². The first-order valence-electron chi connectivity index (χ1n) is 25.8. The minimum absolute atomic E-state index is 0.0807. The van der Waals surface area contributed by atoms with Crippen LogP contribution in [0.4, 0.5) is 0 Å². The van der Waals surface area contributed by atoms with Crippen LogP contribution in [0.3, 0.4) is 0 Å². The van der Waals surface area contributed by atoms with Gasteiger partial charge in [0.1, 0.15) is 54.4 Å². The molecule has 1 aromatic carbocycles. The highest BCUT2D eigenvalue weighted by Crippen LogP contribution is 2.20. The number of H-pyrrole nitrogens is 1. The Morgan fingerprint density at radius 2 is 1.11 bits per heavy atom. The summed E-state index contributed by atoms with van der Waals surface area (Å²) in [5, 5.41) is 54.8. The fourth-order valence-electron chi connectivity index (χ4n) is 7.78. The summed E-state index contributed by atoms with van der Waals surface area (Å²) >= 11 is 9.30. The number of carbonyl (C=O) groups excluding carboxylic acids is 12. The molecule has 2 rings (SSSR count). The number of thiol groups is 2. The van der Waals surface area contributed by atoms with Crippen molar-refractivity contribution in [3.05, 3.63) is 36.0 Å². The maximum absolute atomic E-state index is 14.3. The van der Waals surface area contributed by atoms with Crippen LogP contribution >= 0.6 is 37.0 Å². The summed E-state index contributed by atoms with van der Waals surface area (Å²) in [5.41, 5.74) is 17.7. The smallest absolute Gasteiger partial charge is 0.303 e. The van der Waals surface area contributed by atoms with E-state index in [4.69, 9.17) is 17.2 Å². The third-order valence-electron chi connectivity index (χ3n) is 12.2. The molecule has 33 heteroatoms. The molecule has 11 atom stereocenters. The maximum Gasteiger partial charge on any atom is 0.303 e. The number of fused-ring (bicyclic) bond motifs is 1. The van der Waals surface area contributed by atoms with E-state index in [1.807, 2.05) is 0 Å². The lowest BCUT2D eigenvalue weighted by Gasteiger charge is -2.28. The van der Waals surface area contributed by atoms with Gasteiger partial charge in [-0.2, -0.15) is 37.0 Å². The quantitative estimate of drug-likeness (QED) is 0.0220. The second-order valence-corrected chi connectivity index (χ2v) is 20.6. The van der Waals surface area contributed by atoms with Gasteiger partial charge in [-0.25, -0.2) is 0 Å². The van der Waals surface area contributed by atoms with E-state index < -0.39 is 169 Å². The summed E-state index contributed by atoms with van der Waals surface area (Å²) in [7, 11) is 0. The lowest BCUT2D eigenvalue weighted by atomic mass is 10.0. The molecule has 0 aliphatic carbocycles. The van der Waals surface area contributed by atoms with Crippen LogP contribution in [0.25, 0.3) is 10.9 Å². The van der Waals surface area contributed by atoms with Crippen LogP contribution in [0.15, 0.2) is 30.5 Å². The topological polar surface area (TPSA) is 497 Å². The molecule has 0 saturated carbocycles. The summed E-state index contributed by atoms with van der Waals surface area (Å²) in [6, 6.07) is -6.82. The van der Waals surface area contributed by atoms with Gasteiger partial charge in [0.05, 0.1) is 25.2 Å². The molecule has 1 aromatic heterocycles. The average molecular weight is 1210 g/mol. The molecule has 0 spiro atoms. The van der Waals surface area contributed by atoms with Crippen molar-refractivity contribution < 1.29 is 77.6 Å². The molecule has 0 bridgehead atoms. The fourth-order valence-corrected chi connectivity index (χ4v) is 8.78. The number of primary amides is 2. The summed E-state index contributed by atoms with van der Waals surface area (Å²) in [4.78, 5) is 173. The molecule has 20 N–H and O–H groups in total. The number of thioether (sulfide) groups is 1. The van der Waals surface area contributed by atoms with Gasteiger partial charge in [-0.15, -0.1) is 0 Å². The molecule has 456 valence electrons. The van der Waals surface area contributed by atoms with Gasteiger partial charge >= 0.3 is 5.97 Å². The van der Waals surface area contributed by atoms with Crippen molar-refractivity contribution in [1.29, 1.82) is 0 Å². The Morgan fingerprint density at radius 3 is 1.62 bits per heavy atom. The minimum atomic E-state index is -1.81. The largest absolute Gasteiger partial charge is 0.481 e. The second-order valence-electron chi connectivity index (χ2n) is 18.9. The van der Waals surface area contributed by atoms with E-state index in [1.54, 1.807) is 36.7 Å². The van der Waals surface area contributed by atoms with Crippen molar-refractivity contribution in [2.75, 3.05) is 36.6 Å². The number of nitrogens with two attached hydrogens (primary N) is 3. The van der Waals surface area contributed by atoms with Gasteiger partial charge in [0.25, 0.3) is 0 Å². The van der Waals surface area contributed by atoms with Gasteiger partial charge < -0.3 is 90.7 Å². The maximum atomic E-state index is 14.3. The highest BCUT2D eigenvalue weighted by Gasteiger charge is 2.36. The van der Waals surface area contributed by atoms with Gasteiger partial charge in [-0.05, 0) is 76.1 Å². The number of hydrogen-bond acceptors (Lipinski definition) is 19. The number of aromatic amines is 1. The molecule has 0 aliphatic rings. The zero-order valence-corrected chi connectivity index (χ0v) is 48.2. The minimum Gasteiger partial charge on any atom is -0.481 e. The zero-order valence-electron chi connectivity index (χ0n) is 45.6. The highest BCUT2D eigenvalue weighted by atomic mass is 32.2. The molecule has 0 fully saturated rings. The highest BCUT2D eigenvalue weighted by molar-refractivity contribution is 7.98. The molecule has 0 saturated heterocycles. The second kappa shape index (κ2) is 36.3. The number of amides is 12. The first-order valence-corrected chi connectivity index (χ1v) is 28.4. The van der Waals surface area contributed by atoms with Crippen molar-refractivity contribution in [2.24, 2.45) is 17.2 Å². The number of hydrogen-bond donors (Lipinski definition) is 19. The van der Waals surface area contributed by atoms with Crippen LogP contribution in [0.5, 0.6) is 0 Å². The van der Waals surface area contributed by atoms with Crippen LogP contribution in [-0.2, 0) is 68.7 Å². The van der Waals surface area contributed by atoms with Crippen LogP contribution in [-0.4, -0.2) is 200 Å². The van der Waals surface area contributed by atoms with E-state index in [9.17, 15) is 77.6 Å². The third-order valence-corrected chi connectivity index (χ3v) is 13.5. The van der Waals surface area contributed by atoms with Crippen molar-refractivity contribution in [3.8, 4) is 0 Å². The predicted molar refractivity (Wildman–Crippen MR) is 305 cm³/mol. The molecule has 82 heavy (non-hydrogen) atoms. The normalized spacial score (nSPS) is 15.1. The molecule has 0 aliphatic heterocycles. The monoisotopic (exact) mass is 1210 g/mol. The van der Waals surface area contributed by atoms with Gasteiger partial charge in [0.15, 0.2) is 0 Å². The molecule has 2 aromatic rings. The summed E-state index contributed by atoms with van der Waals surface area (Å²) in [6.07, 6.45) is -1.79. The SMILES string of the molecule is CSCC[C@H](NC(=O)[C@@H](NC(=O)[C@H](CS)NC(C)=O)[C@@H](C)O)C(=O)N[C@@H](CCC(=O)O)C(=O)NCC(=O)N[C@@H](CC(N)=O)C(=O)N[C@@H](CCCCN)C(=O)N[C@@H](Cc1c[nH]c2ccccc12)C(=O)N[C@H](C(=O)N[C@@H](CS)C(N)=O)[C@@H](C)O. The molecule has 0 unspecified atom stereocenters. The lowest BCUT2D eigenvalue weighted by Crippen LogP contribution is -2.61. The Morgan fingerprint density at radius 1 is 0.610 bits per heavy atom. The van der Waals surface area contributed by atoms with Crippen molar-refractivity contribution in [3.63, 3.8) is 0 Å². The van der Waals surface area contributed by atoms with Crippen LogP contribution in [0, 0.1) is 0 Å². The number of unbranched alkanes of at least 4 members (excludes halogenated alkanes) is 1. The number of nitrogens with one attached hydrogen (secondary N) is 11. The van der Waals surface area contributed by atoms with Gasteiger partial charge in [-0.1, -0.05) is 18.2 Å². The van der Waals surface area contributed by atoms with Crippen molar-refractivity contribution >= 4 is 125 Å². The van der Waals surface area contributed by atoms with Gasteiger partial charge in [0.2, 0.25) is 70.9 Å². The molecular formula is C49H76N14O16S3. The number of aliphatic hydroxyl groups excluding tert-OH is 2. The summed E-state index contributed by atoms with van der Waals surface area (Å²) < 4.78 is 0. The molecule has 1 heterocycles. The van der Waals surface area contributed by atoms with Crippen LogP contribution < -0.4 is 70.4 Å². The number of carbonyl (C=O) groups is 13. The Hall–Kier alpha value is -7.20. The van der Waals surface area contributed by atoms with Gasteiger partial charge in [0, 0.05) is 48.4 Å². The molecular weight excluding hydrogens is 1140 g/mol. The summed E-state index contributed by atoms with van der Waals surface area (Å²) in [5.74, 6) is -13.5. The Kier molecular flexibility index (Phi) is 31.4. The lowest BCUT2D eigenvalue weighted by molar-refractivity contribution is -0.138. The van der Waals surface area contributed by atoms with E-state index in [2.05, 4.69) is 83.4 Å². The summed E-state index contributed by atoms with van der Waals surface area (Å²) in [6.45, 7) is 2.72. The predicted octanol–water partition coefficient (Wildman–Crippen LogP) is -6.06. The Balaban J connectivity index is 2.38. The number of carboxylic acids is 1. The zero-order chi connectivity index (χ0) is 61.8. The fraction of sp³-hybridized carbons (Fsp3) is 0.571. The number of aromatic nitrogens is 1. The van der Waals surface area contributed by atoms with Crippen molar-refractivity contribution in [2.45, 2.75) is 139 Å². The Bertz CT molecular complexity index is 2570. The van der Waals surface area contributed by atoms with E-state index in [0.717, 1.165) is 6.92 Å². The Labute approximate surface area is 487 Å². The number of para-hydroxylation sites is 1. The van der Waals surface area contributed by atoms with Crippen molar-refractivity contribution in [1.82, 2.24) is 58.2 Å². The first-order chi connectivity index (χ1) is 38.7. The first kappa shape index (κ1) is 70.9. The average Bonchev–Trinajstić information content (AvgIpc) is 3.82. The molecule has 30 nitrogen and oxygen atoms in total. The number of benzene rings is 1.